The Labute approximate surface area is 54.3 Å². The van der Waals surface area contributed by atoms with E-state index in [-0.39, 0.29) is 5.54 Å². The molecule has 0 aliphatic carbocycles. The summed E-state index contributed by atoms with van der Waals surface area (Å²) in [6, 6.07) is 0. The van der Waals surface area contributed by atoms with Crippen molar-refractivity contribution in [3.63, 3.8) is 0 Å². The second-order valence-electron chi connectivity index (χ2n) is 2.64. The molecule has 9 heavy (non-hydrogen) atoms. The van der Waals surface area contributed by atoms with Crippen LogP contribution in [0.3, 0.4) is 0 Å². The monoisotopic (exact) mass is 123 g/mol. The Hall–Kier alpha value is -0.920. The summed E-state index contributed by atoms with van der Waals surface area (Å²) in [7, 11) is 0. The van der Waals surface area contributed by atoms with Gasteiger partial charge in [0.1, 0.15) is 0 Å². The SMILES string of the molecule is CC1(C)C=CC(C=O)=N1. The summed E-state index contributed by atoms with van der Waals surface area (Å²) in [5, 5.41) is 0. The second kappa shape index (κ2) is 1.79. The van der Waals surface area contributed by atoms with E-state index in [0.717, 1.165) is 6.29 Å². The van der Waals surface area contributed by atoms with Gasteiger partial charge in [0.25, 0.3) is 0 Å². The van der Waals surface area contributed by atoms with Gasteiger partial charge < -0.3 is 0 Å². The van der Waals surface area contributed by atoms with E-state index in [1.54, 1.807) is 6.08 Å². The molecule has 0 aromatic heterocycles. The molecule has 0 saturated heterocycles. The van der Waals surface area contributed by atoms with Gasteiger partial charge in [-0.05, 0) is 19.9 Å². The first kappa shape index (κ1) is 6.20. The maximum absolute atomic E-state index is 10.1. The van der Waals surface area contributed by atoms with Crippen LogP contribution in [0.1, 0.15) is 13.8 Å². The van der Waals surface area contributed by atoms with Crippen molar-refractivity contribution in [1.82, 2.24) is 0 Å². The smallest absolute Gasteiger partial charge is 0.167 e. The Bertz CT molecular complexity index is 189. The normalized spacial score (nSPS) is 21.8. The third-order valence-electron chi connectivity index (χ3n) is 1.20. The van der Waals surface area contributed by atoms with Crippen molar-refractivity contribution in [1.29, 1.82) is 0 Å². The first-order valence-electron chi connectivity index (χ1n) is 2.88. The zero-order valence-electron chi connectivity index (χ0n) is 5.59. The average Bonchev–Trinajstić information content (AvgIpc) is 2.10. The number of carbonyl (C=O) groups is 1. The van der Waals surface area contributed by atoms with Gasteiger partial charge in [-0.1, -0.05) is 6.08 Å². The quantitative estimate of drug-likeness (QED) is 0.478. The first-order chi connectivity index (χ1) is 4.14. The minimum Gasteiger partial charge on any atom is -0.296 e. The Morgan fingerprint density at radius 2 is 2.33 bits per heavy atom. The molecule has 1 heterocycles. The highest BCUT2D eigenvalue weighted by Crippen LogP contribution is 2.15. The number of aliphatic imine (C=N–C) groups is 1. The molecule has 0 N–H and O–H groups in total. The Kier molecular flexibility index (Phi) is 1.24. The summed E-state index contributed by atoms with van der Waals surface area (Å²) in [4.78, 5) is 14.2. The molecule has 2 heteroatoms. The zero-order valence-corrected chi connectivity index (χ0v) is 5.59. The molecule has 0 radical (unpaired) electrons. The van der Waals surface area contributed by atoms with Crippen LogP contribution in [0.25, 0.3) is 0 Å². The highest BCUT2D eigenvalue weighted by molar-refractivity contribution is 6.34. The lowest BCUT2D eigenvalue weighted by Crippen LogP contribution is -2.09. The van der Waals surface area contributed by atoms with Crippen LogP contribution in [0.4, 0.5) is 0 Å². The van der Waals surface area contributed by atoms with Gasteiger partial charge in [0.05, 0.1) is 11.3 Å². The lowest BCUT2D eigenvalue weighted by Gasteiger charge is -2.07. The molecule has 0 unspecified atom stereocenters. The highest BCUT2D eigenvalue weighted by Gasteiger charge is 2.16. The molecule has 1 aliphatic heterocycles. The van der Waals surface area contributed by atoms with E-state index < -0.39 is 0 Å². The first-order valence-corrected chi connectivity index (χ1v) is 2.88. The molecule has 0 atom stereocenters. The van der Waals surface area contributed by atoms with Crippen molar-refractivity contribution < 1.29 is 4.79 Å². The number of hydrogen-bond acceptors (Lipinski definition) is 2. The van der Waals surface area contributed by atoms with E-state index in [9.17, 15) is 4.79 Å². The van der Waals surface area contributed by atoms with Gasteiger partial charge in [-0.15, -0.1) is 0 Å². The molecule has 1 aliphatic rings. The largest absolute Gasteiger partial charge is 0.296 e. The second-order valence-corrected chi connectivity index (χ2v) is 2.64. The fourth-order valence-corrected chi connectivity index (χ4v) is 0.762. The molecule has 0 aromatic rings. The van der Waals surface area contributed by atoms with Crippen LogP contribution in [0.2, 0.25) is 0 Å². The maximum Gasteiger partial charge on any atom is 0.167 e. The highest BCUT2D eigenvalue weighted by atomic mass is 16.1. The van der Waals surface area contributed by atoms with Crippen molar-refractivity contribution in [2.24, 2.45) is 4.99 Å². The van der Waals surface area contributed by atoms with Crippen molar-refractivity contribution >= 4 is 12.0 Å². The molecule has 2 nitrogen and oxygen atoms in total. The van der Waals surface area contributed by atoms with Gasteiger partial charge >= 0.3 is 0 Å². The predicted molar refractivity (Wildman–Crippen MR) is 36.7 cm³/mol. The summed E-state index contributed by atoms with van der Waals surface area (Å²) in [6.07, 6.45) is 4.43. The average molecular weight is 123 g/mol. The molecule has 0 spiro atoms. The van der Waals surface area contributed by atoms with Crippen LogP contribution in [0, 0.1) is 0 Å². The number of carbonyl (C=O) groups excluding carboxylic acids is 1. The molecule has 0 fully saturated rings. The predicted octanol–water partition coefficient (Wildman–Crippen LogP) is 0.975. The number of rotatable bonds is 1. The van der Waals surface area contributed by atoms with E-state index in [2.05, 4.69) is 4.99 Å². The fourth-order valence-electron chi connectivity index (χ4n) is 0.762. The summed E-state index contributed by atoms with van der Waals surface area (Å²) >= 11 is 0. The fraction of sp³-hybridized carbons (Fsp3) is 0.429. The molecule has 48 valence electrons. The van der Waals surface area contributed by atoms with E-state index >= 15 is 0 Å². The minimum atomic E-state index is -0.157. The summed E-state index contributed by atoms with van der Waals surface area (Å²) in [5.41, 5.74) is 0.385. The van der Waals surface area contributed by atoms with Crippen molar-refractivity contribution in [2.45, 2.75) is 19.4 Å². The van der Waals surface area contributed by atoms with Gasteiger partial charge in [0.2, 0.25) is 0 Å². The number of nitrogens with zero attached hydrogens (tertiary/aromatic N) is 1. The van der Waals surface area contributed by atoms with Crippen LogP contribution in [0.15, 0.2) is 17.1 Å². The Balaban J connectivity index is 2.86. The van der Waals surface area contributed by atoms with Crippen molar-refractivity contribution in [3.8, 4) is 0 Å². The summed E-state index contributed by atoms with van der Waals surface area (Å²) < 4.78 is 0. The van der Waals surface area contributed by atoms with E-state index in [4.69, 9.17) is 0 Å². The van der Waals surface area contributed by atoms with E-state index in [1.165, 1.54) is 0 Å². The Morgan fingerprint density at radius 1 is 1.67 bits per heavy atom. The third-order valence-corrected chi connectivity index (χ3v) is 1.20. The number of allylic oxidation sites excluding steroid dienone is 1. The van der Waals surface area contributed by atoms with Crippen molar-refractivity contribution in [2.75, 3.05) is 0 Å². The minimum absolute atomic E-state index is 0.157. The molecular weight excluding hydrogens is 114 g/mol. The van der Waals surface area contributed by atoms with Gasteiger partial charge in [-0.3, -0.25) is 9.79 Å². The molecule has 0 amide bonds. The molecule has 1 rings (SSSR count). The van der Waals surface area contributed by atoms with Gasteiger partial charge in [0, 0.05) is 0 Å². The van der Waals surface area contributed by atoms with Crippen LogP contribution in [-0.4, -0.2) is 17.5 Å². The number of aldehydes is 1. The summed E-state index contributed by atoms with van der Waals surface area (Å²) in [6.45, 7) is 3.92. The molecule has 0 aromatic carbocycles. The van der Waals surface area contributed by atoms with Gasteiger partial charge in [-0.2, -0.15) is 0 Å². The van der Waals surface area contributed by atoms with Crippen molar-refractivity contribution in [3.05, 3.63) is 12.2 Å². The van der Waals surface area contributed by atoms with Gasteiger partial charge in [-0.25, -0.2) is 0 Å². The van der Waals surface area contributed by atoms with Crippen LogP contribution in [-0.2, 0) is 4.79 Å². The van der Waals surface area contributed by atoms with Gasteiger partial charge in [0.15, 0.2) is 6.29 Å². The summed E-state index contributed by atoms with van der Waals surface area (Å²) in [5.74, 6) is 0. The zero-order chi connectivity index (χ0) is 6.91. The van der Waals surface area contributed by atoms with E-state index in [0.29, 0.717) is 5.71 Å². The molecule has 0 bridgehead atoms. The van der Waals surface area contributed by atoms with Crippen LogP contribution >= 0.6 is 0 Å². The maximum atomic E-state index is 10.1. The molecular formula is C7H9NO. The number of hydrogen-bond donors (Lipinski definition) is 0. The molecule has 0 saturated carbocycles. The standard InChI is InChI=1S/C7H9NO/c1-7(2)4-3-6(5-9)8-7/h3-5H,1-2H3. The van der Waals surface area contributed by atoms with Crippen LogP contribution in [0.5, 0.6) is 0 Å². The third kappa shape index (κ3) is 1.25. The van der Waals surface area contributed by atoms with Crippen LogP contribution < -0.4 is 0 Å². The Morgan fingerprint density at radius 3 is 2.56 bits per heavy atom. The lowest BCUT2D eigenvalue weighted by atomic mass is 10.1. The topological polar surface area (TPSA) is 29.4 Å². The lowest BCUT2D eigenvalue weighted by molar-refractivity contribution is -0.102. The van der Waals surface area contributed by atoms with E-state index in [1.807, 2.05) is 19.9 Å².